The smallest absolute Gasteiger partial charge is 0.281 e. The van der Waals surface area contributed by atoms with Crippen LogP contribution in [-0.2, 0) is 15.0 Å². The van der Waals surface area contributed by atoms with Crippen LogP contribution in [0.1, 0.15) is 44.9 Å². The van der Waals surface area contributed by atoms with Crippen molar-refractivity contribution in [1.82, 2.24) is 13.9 Å². The van der Waals surface area contributed by atoms with Gasteiger partial charge in [0.15, 0.2) is 0 Å². The van der Waals surface area contributed by atoms with Crippen LogP contribution in [0.4, 0.5) is 0 Å². The normalized spacial score (nSPS) is 26.7. The van der Waals surface area contributed by atoms with E-state index in [4.69, 9.17) is 0 Å². The maximum absolute atomic E-state index is 12.6. The summed E-state index contributed by atoms with van der Waals surface area (Å²) in [5, 5.41) is 3.02. The molecule has 0 aromatic heterocycles. The molecule has 0 aromatic rings. The Morgan fingerprint density at radius 1 is 0.857 bits per heavy atom. The monoisotopic (exact) mass is 315 g/mol. The Hall–Kier alpha value is -0.660. The minimum atomic E-state index is -3.31. The van der Waals surface area contributed by atoms with E-state index in [1.165, 1.54) is 0 Å². The molecular formula is C14H25N3O3S. The SMILES string of the molecule is O=C(NC1CC1)C1CCN(S(=O)(=O)N2CCCCC2)CC1. The minimum Gasteiger partial charge on any atom is -0.353 e. The van der Waals surface area contributed by atoms with E-state index < -0.39 is 10.2 Å². The summed E-state index contributed by atoms with van der Waals surface area (Å²) in [4.78, 5) is 12.0. The van der Waals surface area contributed by atoms with E-state index in [9.17, 15) is 13.2 Å². The molecular weight excluding hydrogens is 290 g/mol. The predicted molar refractivity (Wildman–Crippen MR) is 79.8 cm³/mol. The van der Waals surface area contributed by atoms with Crippen molar-refractivity contribution >= 4 is 16.1 Å². The molecule has 2 saturated heterocycles. The molecule has 6 nitrogen and oxygen atoms in total. The van der Waals surface area contributed by atoms with Gasteiger partial charge in [0.25, 0.3) is 10.2 Å². The molecule has 1 amide bonds. The molecule has 0 aromatic carbocycles. The van der Waals surface area contributed by atoms with Crippen LogP contribution in [0.3, 0.4) is 0 Å². The van der Waals surface area contributed by atoms with Gasteiger partial charge in [-0.2, -0.15) is 17.0 Å². The molecule has 2 aliphatic heterocycles. The molecule has 0 unspecified atom stereocenters. The Bertz CT molecular complexity index is 476. The Morgan fingerprint density at radius 2 is 1.43 bits per heavy atom. The zero-order valence-corrected chi connectivity index (χ0v) is 13.3. The summed E-state index contributed by atoms with van der Waals surface area (Å²) in [7, 11) is -3.31. The second-order valence-electron chi connectivity index (χ2n) is 6.42. The highest BCUT2D eigenvalue weighted by atomic mass is 32.2. The van der Waals surface area contributed by atoms with E-state index in [1.807, 2.05) is 0 Å². The van der Waals surface area contributed by atoms with Crippen molar-refractivity contribution in [3.05, 3.63) is 0 Å². The van der Waals surface area contributed by atoms with Crippen LogP contribution in [0.5, 0.6) is 0 Å². The molecule has 0 radical (unpaired) electrons. The Balaban J connectivity index is 1.53. The zero-order chi connectivity index (χ0) is 14.9. The van der Waals surface area contributed by atoms with Crippen LogP contribution in [0, 0.1) is 5.92 Å². The lowest BCUT2D eigenvalue weighted by Gasteiger charge is -2.35. The summed E-state index contributed by atoms with van der Waals surface area (Å²) in [5.41, 5.74) is 0. The van der Waals surface area contributed by atoms with Gasteiger partial charge in [-0.3, -0.25) is 4.79 Å². The van der Waals surface area contributed by atoms with E-state index >= 15 is 0 Å². The Morgan fingerprint density at radius 3 is 2.00 bits per heavy atom. The van der Waals surface area contributed by atoms with Crippen LogP contribution >= 0.6 is 0 Å². The third-order valence-electron chi connectivity index (χ3n) is 4.72. The topological polar surface area (TPSA) is 69.7 Å². The second kappa shape index (κ2) is 6.22. The molecule has 1 N–H and O–H groups in total. The number of amides is 1. The first-order valence-corrected chi connectivity index (χ1v) is 9.52. The van der Waals surface area contributed by atoms with Crippen LogP contribution < -0.4 is 5.32 Å². The fourth-order valence-corrected chi connectivity index (χ4v) is 4.87. The van der Waals surface area contributed by atoms with Gasteiger partial charge < -0.3 is 5.32 Å². The maximum atomic E-state index is 12.6. The number of nitrogens with zero attached hydrogens (tertiary/aromatic N) is 2. The number of carbonyl (C=O) groups is 1. The number of hydrogen-bond acceptors (Lipinski definition) is 3. The van der Waals surface area contributed by atoms with E-state index in [-0.39, 0.29) is 11.8 Å². The van der Waals surface area contributed by atoms with Gasteiger partial charge in [-0.05, 0) is 38.5 Å². The summed E-state index contributed by atoms with van der Waals surface area (Å²) in [6.07, 6.45) is 6.51. The fourth-order valence-electron chi connectivity index (χ4n) is 3.15. The van der Waals surface area contributed by atoms with E-state index in [2.05, 4.69) is 5.32 Å². The molecule has 0 spiro atoms. The van der Waals surface area contributed by atoms with E-state index in [0.717, 1.165) is 32.1 Å². The van der Waals surface area contributed by atoms with Crippen LogP contribution in [0.2, 0.25) is 0 Å². The van der Waals surface area contributed by atoms with Crippen molar-refractivity contribution in [2.45, 2.75) is 51.0 Å². The molecule has 21 heavy (non-hydrogen) atoms. The molecule has 0 atom stereocenters. The van der Waals surface area contributed by atoms with E-state index in [0.29, 0.717) is 45.1 Å². The van der Waals surface area contributed by atoms with Gasteiger partial charge in [-0.1, -0.05) is 6.42 Å². The maximum Gasteiger partial charge on any atom is 0.281 e. The Kier molecular flexibility index (Phi) is 4.51. The van der Waals surface area contributed by atoms with Crippen molar-refractivity contribution in [3.8, 4) is 0 Å². The average Bonchev–Trinajstić information content (AvgIpc) is 3.32. The number of carbonyl (C=O) groups excluding carboxylic acids is 1. The van der Waals surface area contributed by atoms with Crippen molar-refractivity contribution < 1.29 is 13.2 Å². The lowest BCUT2D eigenvalue weighted by atomic mass is 9.97. The molecule has 2 heterocycles. The summed E-state index contributed by atoms with van der Waals surface area (Å²) in [6, 6.07) is 0.382. The van der Waals surface area contributed by atoms with Crippen LogP contribution in [0.25, 0.3) is 0 Å². The molecule has 120 valence electrons. The predicted octanol–water partition coefficient (Wildman–Crippen LogP) is 0.708. The van der Waals surface area contributed by atoms with Crippen molar-refractivity contribution in [1.29, 1.82) is 0 Å². The third kappa shape index (κ3) is 3.57. The first-order chi connectivity index (χ1) is 10.1. The molecule has 7 heteroatoms. The van der Waals surface area contributed by atoms with Crippen molar-refractivity contribution in [2.75, 3.05) is 26.2 Å². The highest BCUT2D eigenvalue weighted by Gasteiger charge is 2.36. The summed E-state index contributed by atoms with van der Waals surface area (Å²) in [6.45, 7) is 2.23. The second-order valence-corrected chi connectivity index (χ2v) is 8.35. The first-order valence-electron chi connectivity index (χ1n) is 8.13. The largest absolute Gasteiger partial charge is 0.353 e. The standard InChI is InChI=1S/C14H25N3O3S/c18-14(15-13-4-5-13)12-6-10-17(11-7-12)21(19,20)16-8-2-1-3-9-16/h12-13H,1-11H2,(H,15,18). The molecule has 1 saturated carbocycles. The summed E-state index contributed by atoms with van der Waals surface area (Å²) in [5.74, 6) is 0.103. The fraction of sp³-hybridized carbons (Fsp3) is 0.929. The lowest BCUT2D eigenvalue weighted by molar-refractivity contribution is -0.126. The van der Waals surface area contributed by atoms with E-state index in [1.54, 1.807) is 8.61 Å². The van der Waals surface area contributed by atoms with Gasteiger partial charge in [0.1, 0.15) is 0 Å². The van der Waals surface area contributed by atoms with Crippen molar-refractivity contribution in [2.24, 2.45) is 5.92 Å². The quantitative estimate of drug-likeness (QED) is 0.830. The van der Waals surface area contributed by atoms with Gasteiger partial charge >= 0.3 is 0 Å². The summed E-state index contributed by atoms with van der Waals surface area (Å²) >= 11 is 0. The molecule has 0 bridgehead atoms. The van der Waals surface area contributed by atoms with Gasteiger partial charge in [-0.25, -0.2) is 0 Å². The first kappa shape index (κ1) is 15.2. The number of piperidine rings is 2. The molecule has 1 aliphatic carbocycles. The zero-order valence-electron chi connectivity index (χ0n) is 12.5. The summed E-state index contributed by atoms with van der Waals surface area (Å²) < 4.78 is 28.3. The van der Waals surface area contributed by atoms with Crippen LogP contribution in [0.15, 0.2) is 0 Å². The average molecular weight is 315 g/mol. The van der Waals surface area contributed by atoms with Gasteiger partial charge in [0.2, 0.25) is 5.91 Å². The van der Waals surface area contributed by atoms with Gasteiger partial charge in [0, 0.05) is 38.1 Å². The highest BCUT2D eigenvalue weighted by Crippen LogP contribution is 2.25. The molecule has 3 aliphatic rings. The van der Waals surface area contributed by atoms with Gasteiger partial charge in [0.05, 0.1) is 0 Å². The number of nitrogens with one attached hydrogen (secondary N) is 1. The molecule has 3 rings (SSSR count). The van der Waals surface area contributed by atoms with Crippen molar-refractivity contribution in [3.63, 3.8) is 0 Å². The number of hydrogen-bond donors (Lipinski definition) is 1. The highest BCUT2D eigenvalue weighted by molar-refractivity contribution is 7.86. The number of rotatable bonds is 4. The third-order valence-corrected chi connectivity index (χ3v) is 6.75. The lowest BCUT2D eigenvalue weighted by Crippen LogP contribution is -2.50. The Labute approximate surface area is 127 Å². The minimum absolute atomic E-state index is 0.0154. The van der Waals surface area contributed by atoms with Crippen LogP contribution in [-0.4, -0.2) is 55.2 Å². The van der Waals surface area contributed by atoms with Gasteiger partial charge in [-0.15, -0.1) is 0 Å². The molecule has 3 fully saturated rings.